The lowest BCUT2D eigenvalue weighted by Gasteiger charge is -2.25. The molecule has 1 fully saturated rings. The SMILES string of the molecule is CN(C(=O)Nc1ccc2scnc2c1)[C@@H]1CCN(Cc2ccccc2)C1. The third-order valence-electron chi connectivity index (χ3n) is 4.95. The van der Waals surface area contributed by atoms with Gasteiger partial charge >= 0.3 is 6.03 Å². The molecule has 134 valence electrons. The number of nitrogens with one attached hydrogen (secondary N) is 1. The number of carbonyl (C=O) groups is 1. The van der Waals surface area contributed by atoms with Crippen LogP contribution in [0.25, 0.3) is 10.2 Å². The predicted molar refractivity (Wildman–Crippen MR) is 107 cm³/mol. The van der Waals surface area contributed by atoms with E-state index >= 15 is 0 Å². The standard InChI is InChI=1S/C20H22N4OS/c1-23(17-9-10-24(13-17)12-15-5-3-2-4-6-15)20(25)22-16-7-8-19-18(11-16)21-14-26-19/h2-8,11,14,17H,9-10,12-13H2,1H3,(H,22,25)/t17-/m1/s1. The molecule has 2 aromatic carbocycles. The molecule has 1 aromatic heterocycles. The number of fused-ring (bicyclic) bond motifs is 1. The third-order valence-corrected chi connectivity index (χ3v) is 5.76. The van der Waals surface area contributed by atoms with Crippen LogP contribution in [0.15, 0.2) is 54.0 Å². The van der Waals surface area contributed by atoms with Crippen molar-refractivity contribution in [2.75, 3.05) is 25.5 Å². The van der Waals surface area contributed by atoms with E-state index in [0.717, 1.165) is 42.0 Å². The van der Waals surface area contributed by atoms with E-state index in [1.54, 1.807) is 11.3 Å². The van der Waals surface area contributed by atoms with Crippen molar-refractivity contribution in [3.63, 3.8) is 0 Å². The van der Waals surface area contributed by atoms with Crippen molar-refractivity contribution >= 4 is 33.3 Å². The molecule has 0 aliphatic carbocycles. The van der Waals surface area contributed by atoms with E-state index in [9.17, 15) is 4.79 Å². The molecule has 26 heavy (non-hydrogen) atoms. The molecular formula is C20H22N4OS. The fourth-order valence-corrected chi connectivity index (χ4v) is 4.09. The topological polar surface area (TPSA) is 48.5 Å². The molecule has 5 nitrogen and oxygen atoms in total. The van der Waals surface area contributed by atoms with E-state index in [4.69, 9.17) is 0 Å². The maximum atomic E-state index is 12.6. The number of thiazole rings is 1. The second kappa shape index (κ2) is 7.43. The number of anilines is 1. The second-order valence-electron chi connectivity index (χ2n) is 6.74. The van der Waals surface area contributed by atoms with Gasteiger partial charge in [-0.3, -0.25) is 4.90 Å². The van der Waals surface area contributed by atoms with Crippen LogP contribution in [0.5, 0.6) is 0 Å². The van der Waals surface area contributed by atoms with E-state index in [-0.39, 0.29) is 12.1 Å². The molecule has 0 unspecified atom stereocenters. The number of urea groups is 1. The first-order chi connectivity index (χ1) is 12.7. The van der Waals surface area contributed by atoms with Gasteiger partial charge in [-0.05, 0) is 30.2 Å². The van der Waals surface area contributed by atoms with Crippen molar-refractivity contribution in [2.45, 2.75) is 19.0 Å². The Labute approximate surface area is 157 Å². The van der Waals surface area contributed by atoms with Gasteiger partial charge in [-0.1, -0.05) is 30.3 Å². The fraction of sp³-hybridized carbons (Fsp3) is 0.300. The fourth-order valence-electron chi connectivity index (χ4n) is 3.43. The first kappa shape index (κ1) is 17.0. The number of benzene rings is 2. The van der Waals surface area contributed by atoms with Gasteiger partial charge in [0.1, 0.15) is 0 Å². The highest BCUT2D eigenvalue weighted by molar-refractivity contribution is 7.16. The molecule has 0 bridgehead atoms. The van der Waals surface area contributed by atoms with Crippen molar-refractivity contribution in [2.24, 2.45) is 0 Å². The summed E-state index contributed by atoms with van der Waals surface area (Å²) in [6.07, 6.45) is 1.00. The number of amides is 2. The number of nitrogens with zero attached hydrogens (tertiary/aromatic N) is 3. The predicted octanol–water partition coefficient (Wildman–Crippen LogP) is 4.03. The lowest BCUT2D eigenvalue weighted by Crippen LogP contribution is -2.41. The third kappa shape index (κ3) is 3.71. The summed E-state index contributed by atoms with van der Waals surface area (Å²) >= 11 is 1.60. The van der Waals surface area contributed by atoms with Crippen molar-refractivity contribution in [1.82, 2.24) is 14.8 Å². The van der Waals surface area contributed by atoms with Crippen LogP contribution < -0.4 is 5.32 Å². The summed E-state index contributed by atoms with van der Waals surface area (Å²) in [6.45, 7) is 2.86. The summed E-state index contributed by atoms with van der Waals surface area (Å²) in [4.78, 5) is 21.2. The van der Waals surface area contributed by atoms with E-state index in [0.29, 0.717) is 0 Å². The molecule has 2 heterocycles. The summed E-state index contributed by atoms with van der Waals surface area (Å²) in [7, 11) is 1.88. The molecule has 1 N–H and O–H groups in total. The average Bonchev–Trinajstić information content (AvgIpc) is 3.31. The Balaban J connectivity index is 1.34. The van der Waals surface area contributed by atoms with Crippen LogP contribution in [0.1, 0.15) is 12.0 Å². The van der Waals surface area contributed by atoms with Crippen molar-refractivity contribution in [3.05, 3.63) is 59.6 Å². The van der Waals surface area contributed by atoms with Gasteiger partial charge in [0.15, 0.2) is 0 Å². The Kier molecular flexibility index (Phi) is 4.86. The number of hydrogen-bond acceptors (Lipinski definition) is 4. The van der Waals surface area contributed by atoms with Crippen LogP contribution >= 0.6 is 11.3 Å². The highest BCUT2D eigenvalue weighted by Gasteiger charge is 2.28. The largest absolute Gasteiger partial charge is 0.323 e. The van der Waals surface area contributed by atoms with Gasteiger partial charge in [-0.15, -0.1) is 11.3 Å². The Morgan fingerprint density at radius 3 is 3.00 bits per heavy atom. The van der Waals surface area contributed by atoms with Crippen LogP contribution in [-0.4, -0.2) is 47.0 Å². The van der Waals surface area contributed by atoms with E-state index in [2.05, 4.69) is 39.5 Å². The molecule has 1 aliphatic rings. The highest BCUT2D eigenvalue weighted by Crippen LogP contribution is 2.22. The minimum absolute atomic E-state index is 0.0638. The quantitative estimate of drug-likeness (QED) is 0.758. The van der Waals surface area contributed by atoms with Crippen LogP contribution in [0.2, 0.25) is 0 Å². The van der Waals surface area contributed by atoms with Crippen LogP contribution in [-0.2, 0) is 6.54 Å². The highest BCUT2D eigenvalue weighted by atomic mass is 32.1. The summed E-state index contributed by atoms with van der Waals surface area (Å²) in [6, 6.07) is 16.5. The van der Waals surface area contributed by atoms with Gasteiger partial charge in [0.2, 0.25) is 0 Å². The van der Waals surface area contributed by atoms with Crippen molar-refractivity contribution in [1.29, 1.82) is 0 Å². The Bertz CT molecular complexity index is 895. The molecule has 1 atom stereocenters. The molecule has 6 heteroatoms. The van der Waals surface area contributed by atoms with Crippen molar-refractivity contribution < 1.29 is 4.79 Å². The lowest BCUT2D eigenvalue weighted by molar-refractivity contribution is 0.201. The van der Waals surface area contributed by atoms with Crippen LogP contribution in [0, 0.1) is 0 Å². The summed E-state index contributed by atoms with van der Waals surface area (Å²) in [5.74, 6) is 0. The molecule has 2 amide bonds. The molecular weight excluding hydrogens is 344 g/mol. The summed E-state index contributed by atoms with van der Waals surface area (Å²) < 4.78 is 1.13. The van der Waals surface area contributed by atoms with Gasteiger partial charge in [0.05, 0.1) is 15.7 Å². The van der Waals surface area contributed by atoms with Gasteiger partial charge in [-0.2, -0.15) is 0 Å². The van der Waals surface area contributed by atoms with Gasteiger partial charge in [0.25, 0.3) is 0 Å². The van der Waals surface area contributed by atoms with Gasteiger partial charge in [0, 0.05) is 38.4 Å². The monoisotopic (exact) mass is 366 g/mol. The lowest BCUT2D eigenvalue weighted by atomic mass is 10.2. The van der Waals surface area contributed by atoms with Crippen molar-refractivity contribution in [3.8, 4) is 0 Å². The zero-order valence-electron chi connectivity index (χ0n) is 14.8. The first-order valence-corrected chi connectivity index (χ1v) is 9.70. The van der Waals surface area contributed by atoms with E-state index < -0.39 is 0 Å². The summed E-state index contributed by atoms with van der Waals surface area (Å²) in [5.41, 5.74) is 4.85. The first-order valence-electron chi connectivity index (χ1n) is 8.82. The number of carbonyl (C=O) groups excluding carboxylic acids is 1. The molecule has 1 saturated heterocycles. The van der Waals surface area contributed by atoms with E-state index in [1.165, 1.54) is 5.56 Å². The Morgan fingerprint density at radius 1 is 1.31 bits per heavy atom. The summed E-state index contributed by atoms with van der Waals surface area (Å²) in [5, 5.41) is 3.00. The number of likely N-dealkylation sites (N-methyl/N-ethyl adjacent to an activating group) is 1. The van der Waals surface area contributed by atoms with E-state index in [1.807, 2.05) is 41.7 Å². The van der Waals surface area contributed by atoms with Gasteiger partial charge < -0.3 is 10.2 Å². The number of likely N-dealkylation sites (tertiary alicyclic amines) is 1. The Hall–Kier alpha value is -2.44. The van der Waals surface area contributed by atoms with Gasteiger partial charge in [-0.25, -0.2) is 9.78 Å². The maximum Gasteiger partial charge on any atom is 0.321 e. The van der Waals surface area contributed by atoms with Crippen LogP contribution in [0.4, 0.5) is 10.5 Å². The normalized spacial score (nSPS) is 17.5. The number of aromatic nitrogens is 1. The Morgan fingerprint density at radius 2 is 2.15 bits per heavy atom. The average molecular weight is 366 g/mol. The minimum Gasteiger partial charge on any atom is -0.323 e. The zero-order chi connectivity index (χ0) is 17.9. The number of hydrogen-bond donors (Lipinski definition) is 1. The second-order valence-corrected chi connectivity index (χ2v) is 7.63. The zero-order valence-corrected chi connectivity index (χ0v) is 15.6. The smallest absolute Gasteiger partial charge is 0.321 e. The molecule has 4 rings (SSSR count). The molecule has 0 spiro atoms. The number of rotatable bonds is 4. The molecule has 0 radical (unpaired) electrons. The molecule has 3 aromatic rings. The van der Waals surface area contributed by atoms with Crippen LogP contribution in [0.3, 0.4) is 0 Å². The minimum atomic E-state index is -0.0638. The maximum absolute atomic E-state index is 12.6. The molecule has 1 aliphatic heterocycles. The molecule has 0 saturated carbocycles.